The average Bonchev–Trinajstić information content (AvgIpc) is 3.22. The van der Waals surface area contributed by atoms with Crippen molar-refractivity contribution in [3.8, 4) is 5.69 Å². The fraction of sp³-hybridized carbons (Fsp3) is 0.250. The number of aromatic nitrogens is 3. The van der Waals surface area contributed by atoms with Crippen LogP contribution < -0.4 is 5.32 Å². The van der Waals surface area contributed by atoms with Gasteiger partial charge in [0.1, 0.15) is 18.5 Å². The van der Waals surface area contributed by atoms with Crippen molar-refractivity contribution in [1.82, 2.24) is 19.7 Å². The molecule has 7 heteroatoms. The van der Waals surface area contributed by atoms with Crippen molar-refractivity contribution in [3.05, 3.63) is 72.6 Å². The smallest absolute Gasteiger partial charge is 0.225 e. The van der Waals surface area contributed by atoms with Gasteiger partial charge in [0.05, 0.1) is 5.69 Å². The molecule has 2 aromatic carbocycles. The molecule has 0 aliphatic carbocycles. The third-order valence-corrected chi connectivity index (χ3v) is 4.54. The lowest BCUT2D eigenvalue weighted by Crippen LogP contribution is -2.27. The number of carbonyl (C=O) groups is 1. The number of carbonyl (C=O) groups excluding carboxylic acids is 1. The second-order valence-corrected chi connectivity index (χ2v) is 6.39. The molecule has 0 saturated carbocycles. The zero-order valence-corrected chi connectivity index (χ0v) is 15.3. The predicted octanol–water partition coefficient (Wildman–Crippen LogP) is 3.43. The molecule has 140 valence electrons. The van der Waals surface area contributed by atoms with Gasteiger partial charge in [0.2, 0.25) is 5.91 Å². The Morgan fingerprint density at radius 3 is 2.52 bits per heavy atom. The first-order valence-corrected chi connectivity index (χ1v) is 8.73. The number of benzene rings is 2. The van der Waals surface area contributed by atoms with Crippen LogP contribution in [0.3, 0.4) is 0 Å². The molecule has 27 heavy (non-hydrogen) atoms. The third-order valence-electron chi connectivity index (χ3n) is 4.54. The van der Waals surface area contributed by atoms with Gasteiger partial charge in [0, 0.05) is 24.7 Å². The normalized spacial score (nSPS) is 12.1. The van der Waals surface area contributed by atoms with Crippen molar-refractivity contribution in [2.45, 2.75) is 19.4 Å². The molecule has 0 radical (unpaired) electrons. The highest BCUT2D eigenvalue weighted by Crippen LogP contribution is 2.20. The minimum atomic E-state index is -0.323. The molecular weight excluding hydrogens is 345 g/mol. The van der Waals surface area contributed by atoms with Crippen LogP contribution in [-0.2, 0) is 4.79 Å². The topological polar surface area (TPSA) is 63.1 Å². The Kier molecular flexibility index (Phi) is 5.93. The van der Waals surface area contributed by atoms with Crippen LogP contribution in [0.5, 0.6) is 0 Å². The molecule has 3 rings (SSSR count). The van der Waals surface area contributed by atoms with Gasteiger partial charge in [-0.25, -0.2) is 14.1 Å². The summed E-state index contributed by atoms with van der Waals surface area (Å²) in [5, 5.41) is 6.89. The zero-order chi connectivity index (χ0) is 19.2. The lowest BCUT2D eigenvalue weighted by Gasteiger charge is -2.25. The van der Waals surface area contributed by atoms with Crippen LogP contribution in [-0.4, -0.2) is 39.2 Å². The molecule has 0 bridgehead atoms. The number of anilines is 1. The van der Waals surface area contributed by atoms with Gasteiger partial charge >= 0.3 is 0 Å². The van der Waals surface area contributed by atoms with E-state index in [0.29, 0.717) is 18.7 Å². The predicted molar refractivity (Wildman–Crippen MR) is 102 cm³/mol. The molecule has 0 aliphatic rings. The number of nitrogens with zero attached hydrogens (tertiary/aromatic N) is 4. The first kappa shape index (κ1) is 18.7. The molecule has 1 N–H and O–H groups in total. The molecule has 6 nitrogen and oxygen atoms in total. The van der Waals surface area contributed by atoms with Gasteiger partial charge in [-0.1, -0.05) is 12.1 Å². The van der Waals surface area contributed by atoms with Crippen LogP contribution in [0.1, 0.15) is 24.9 Å². The Morgan fingerprint density at radius 1 is 1.19 bits per heavy atom. The van der Waals surface area contributed by atoms with E-state index in [9.17, 15) is 9.18 Å². The van der Waals surface area contributed by atoms with E-state index in [4.69, 9.17) is 0 Å². The standard InChI is InChI=1S/C20H22FN5O/c1-15(16-3-9-19(10-4-16)26-14-22-13-23-26)25(2)12-11-20(27)24-18-7-5-17(21)6-8-18/h3-10,13-15H,11-12H2,1-2H3,(H,24,27). The molecular formula is C20H22FN5O. The Labute approximate surface area is 157 Å². The van der Waals surface area contributed by atoms with Crippen LogP contribution in [0.25, 0.3) is 5.69 Å². The molecule has 0 spiro atoms. The maximum Gasteiger partial charge on any atom is 0.225 e. The van der Waals surface area contributed by atoms with Crippen molar-refractivity contribution in [2.75, 3.05) is 18.9 Å². The second-order valence-electron chi connectivity index (χ2n) is 6.39. The van der Waals surface area contributed by atoms with Gasteiger partial charge in [-0.2, -0.15) is 5.10 Å². The number of halogens is 1. The summed E-state index contributed by atoms with van der Waals surface area (Å²) in [5.41, 5.74) is 2.70. The van der Waals surface area contributed by atoms with Gasteiger partial charge in [-0.3, -0.25) is 9.69 Å². The first-order chi connectivity index (χ1) is 13.0. The Morgan fingerprint density at radius 2 is 1.89 bits per heavy atom. The average molecular weight is 367 g/mol. The molecule has 0 saturated heterocycles. The van der Waals surface area contributed by atoms with Crippen LogP contribution >= 0.6 is 0 Å². The van der Waals surface area contributed by atoms with E-state index in [1.54, 1.807) is 23.1 Å². The van der Waals surface area contributed by atoms with Crippen molar-refractivity contribution in [3.63, 3.8) is 0 Å². The minimum absolute atomic E-state index is 0.0952. The van der Waals surface area contributed by atoms with Crippen LogP contribution in [0.2, 0.25) is 0 Å². The molecule has 0 aliphatic heterocycles. The minimum Gasteiger partial charge on any atom is -0.326 e. The third kappa shape index (κ3) is 4.98. The fourth-order valence-corrected chi connectivity index (χ4v) is 2.73. The summed E-state index contributed by atoms with van der Waals surface area (Å²) in [7, 11) is 1.99. The SMILES string of the molecule is CC(c1ccc(-n2cncn2)cc1)N(C)CCC(=O)Nc1ccc(F)cc1. The van der Waals surface area contributed by atoms with Gasteiger partial charge in [-0.15, -0.1) is 0 Å². The summed E-state index contributed by atoms with van der Waals surface area (Å²) in [5.74, 6) is -0.418. The number of hydrogen-bond donors (Lipinski definition) is 1. The van der Waals surface area contributed by atoms with Crippen molar-refractivity contribution in [2.24, 2.45) is 0 Å². The Balaban J connectivity index is 1.51. The lowest BCUT2D eigenvalue weighted by atomic mass is 10.1. The number of nitrogens with one attached hydrogen (secondary N) is 1. The summed E-state index contributed by atoms with van der Waals surface area (Å²) >= 11 is 0. The van der Waals surface area contributed by atoms with Crippen LogP contribution in [0.4, 0.5) is 10.1 Å². The van der Waals surface area contributed by atoms with Gasteiger partial charge in [-0.05, 0) is 55.9 Å². The summed E-state index contributed by atoms with van der Waals surface area (Å²) in [6.45, 7) is 2.71. The molecule has 1 heterocycles. The van der Waals surface area contributed by atoms with Gasteiger partial charge < -0.3 is 5.32 Å². The van der Waals surface area contributed by atoms with E-state index in [2.05, 4.69) is 39.4 Å². The highest BCUT2D eigenvalue weighted by molar-refractivity contribution is 5.90. The quantitative estimate of drug-likeness (QED) is 0.695. The van der Waals surface area contributed by atoms with E-state index < -0.39 is 0 Å². The molecule has 1 aromatic heterocycles. The van der Waals surface area contributed by atoms with E-state index >= 15 is 0 Å². The Hall–Kier alpha value is -3.06. The highest BCUT2D eigenvalue weighted by Gasteiger charge is 2.13. The van der Waals surface area contributed by atoms with E-state index in [-0.39, 0.29) is 17.8 Å². The number of amides is 1. The molecule has 1 atom stereocenters. The Bertz CT molecular complexity index is 862. The van der Waals surface area contributed by atoms with Crippen molar-refractivity contribution in [1.29, 1.82) is 0 Å². The summed E-state index contributed by atoms with van der Waals surface area (Å²) < 4.78 is 14.6. The maximum absolute atomic E-state index is 12.9. The highest BCUT2D eigenvalue weighted by atomic mass is 19.1. The van der Waals surface area contributed by atoms with E-state index in [0.717, 1.165) is 11.3 Å². The van der Waals surface area contributed by atoms with Gasteiger partial charge in [0.15, 0.2) is 0 Å². The molecule has 1 amide bonds. The molecule has 1 unspecified atom stereocenters. The summed E-state index contributed by atoms with van der Waals surface area (Å²) in [6, 6.07) is 14.0. The summed E-state index contributed by atoms with van der Waals surface area (Å²) in [6.07, 6.45) is 3.51. The zero-order valence-electron chi connectivity index (χ0n) is 15.3. The fourth-order valence-electron chi connectivity index (χ4n) is 2.73. The van der Waals surface area contributed by atoms with Crippen molar-refractivity contribution >= 4 is 11.6 Å². The van der Waals surface area contributed by atoms with Crippen LogP contribution in [0, 0.1) is 5.82 Å². The molecule has 3 aromatic rings. The summed E-state index contributed by atoms with van der Waals surface area (Å²) in [4.78, 5) is 18.2. The van der Waals surface area contributed by atoms with Crippen molar-refractivity contribution < 1.29 is 9.18 Å². The van der Waals surface area contributed by atoms with Gasteiger partial charge in [0.25, 0.3) is 0 Å². The maximum atomic E-state index is 12.9. The monoisotopic (exact) mass is 367 g/mol. The number of hydrogen-bond acceptors (Lipinski definition) is 4. The number of rotatable bonds is 7. The van der Waals surface area contributed by atoms with Crippen LogP contribution in [0.15, 0.2) is 61.2 Å². The van der Waals surface area contributed by atoms with E-state index in [1.165, 1.54) is 18.5 Å². The van der Waals surface area contributed by atoms with E-state index in [1.807, 2.05) is 19.2 Å². The second kappa shape index (κ2) is 8.55. The largest absolute Gasteiger partial charge is 0.326 e. The molecule has 0 fully saturated rings. The lowest BCUT2D eigenvalue weighted by molar-refractivity contribution is -0.116. The first-order valence-electron chi connectivity index (χ1n) is 8.73.